The molecule has 9 nitrogen and oxygen atoms in total. The number of nitrogens with one attached hydrogen (secondary N) is 1. The molecule has 0 radical (unpaired) electrons. The molecule has 11 heteroatoms. The van der Waals surface area contributed by atoms with Crippen LogP contribution < -0.4 is 19.1 Å². The number of halogens is 1. The van der Waals surface area contributed by atoms with E-state index in [1.165, 1.54) is 4.31 Å². The van der Waals surface area contributed by atoms with E-state index >= 15 is 0 Å². The first kappa shape index (κ1) is 28.0. The van der Waals surface area contributed by atoms with Crippen molar-refractivity contribution in [2.24, 2.45) is 0 Å². The zero-order valence-corrected chi connectivity index (χ0v) is 23.3. The number of carbonyl (C=O) groups is 2. The first-order valence-electron chi connectivity index (χ1n) is 12.8. The normalized spacial score (nSPS) is 15.8. The van der Waals surface area contributed by atoms with Crippen molar-refractivity contribution in [1.29, 1.82) is 0 Å². The van der Waals surface area contributed by atoms with Gasteiger partial charge in [-0.25, -0.2) is 8.42 Å². The van der Waals surface area contributed by atoms with Gasteiger partial charge in [-0.05, 0) is 56.0 Å². The summed E-state index contributed by atoms with van der Waals surface area (Å²) in [6, 6.07) is 11.6. The van der Waals surface area contributed by atoms with Gasteiger partial charge in [0.25, 0.3) is 0 Å². The Bertz CT molecular complexity index is 1270. The molecule has 38 heavy (non-hydrogen) atoms. The van der Waals surface area contributed by atoms with Crippen molar-refractivity contribution in [3.63, 3.8) is 0 Å². The van der Waals surface area contributed by atoms with Gasteiger partial charge in [0.1, 0.15) is 6.04 Å². The molecule has 1 fully saturated rings. The summed E-state index contributed by atoms with van der Waals surface area (Å²) in [5.74, 6) is 0.601. The second kappa shape index (κ2) is 12.3. The van der Waals surface area contributed by atoms with E-state index < -0.39 is 16.1 Å². The largest absolute Gasteiger partial charge is 0.454 e. The van der Waals surface area contributed by atoms with E-state index in [4.69, 9.17) is 21.1 Å². The third-order valence-electron chi connectivity index (χ3n) is 6.91. The van der Waals surface area contributed by atoms with Crippen molar-refractivity contribution < 1.29 is 27.5 Å². The van der Waals surface area contributed by atoms with Gasteiger partial charge >= 0.3 is 0 Å². The Kier molecular flexibility index (Phi) is 9.04. The van der Waals surface area contributed by atoms with Crippen LogP contribution in [0.1, 0.15) is 51.0 Å². The Hall–Kier alpha value is -2.98. The lowest BCUT2D eigenvalue weighted by atomic mass is 10.1. The Morgan fingerprint density at radius 2 is 1.84 bits per heavy atom. The summed E-state index contributed by atoms with van der Waals surface area (Å²) < 4.78 is 37.1. The van der Waals surface area contributed by atoms with Crippen molar-refractivity contribution in [3.05, 3.63) is 53.1 Å². The number of sulfonamides is 1. The van der Waals surface area contributed by atoms with Crippen LogP contribution in [0.2, 0.25) is 5.02 Å². The molecule has 2 amide bonds. The molecule has 1 N–H and O–H groups in total. The molecule has 1 atom stereocenters. The predicted molar refractivity (Wildman–Crippen MR) is 146 cm³/mol. The third kappa shape index (κ3) is 7.11. The van der Waals surface area contributed by atoms with Gasteiger partial charge < -0.3 is 19.7 Å². The van der Waals surface area contributed by atoms with Crippen molar-refractivity contribution in [2.75, 3.05) is 23.9 Å². The average Bonchev–Trinajstić information content (AvgIpc) is 3.55. The predicted octanol–water partition coefficient (Wildman–Crippen LogP) is 4.09. The molecule has 1 aliphatic heterocycles. The molecule has 4 rings (SSSR count). The Balaban J connectivity index is 1.45. The summed E-state index contributed by atoms with van der Waals surface area (Å²) in [5.41, 5.74) is 1.24. The fraction of sp³-hybridized carbons (Fsp3) is 0.481. The van der Waals surface area contributed by atoms with Crippen molar-refractivity contribution >= 4 is 39.1 Å². The highest BCUT2D eigenvalue weighted by atomic mass is 35.5. The first-order chi connectivity index (χ1) is 18.1. The second-order valence-electron chi connectivity index (χ2n) is 9.79. The number of nitrogens with zero attached hydrogens (tertiary/aromatic N) is 2. The number of fused-ring (bicyclic) bond motifs is 1. The van der Waals surface area contributed by atoms with Crippen molar-refractivity contribution in [3.8, 4) is 11.5 Å². The number of anilines is 1. The van der Waals surface area contributed by atoms with E-state index in [1.54, 1.807) is 48.2 Å². The third-order valence-corrected chi connectivity index (χ3v) is 8.34. The number of amides is 2. The van der Waals surface area contributed by atoms with Gasteiger partial charge in [0.2, 0.25) is 28.6 Å². The van der Waals surface area contributed by atoms with Gasteiger partial charge in [0, 0.05) is 36.6 Å². The molecule has 2 aromatic rings. The van der Waals surface area contributed by atoms with Gasteiger partial charge in [-0.1, -0.05) is 36.6 Å². The highest BCUT2D eigenvalue weighted by Crippen LogP contribution is 2.36. The van der Waals surface area contributed by atoms with E-state index in [0.717, 1.165) is 37.5 Å². The van der Waals surface area contributed by atoms with E-state index in [9.17, 15) is 18.0 Å². The summed E-state index contributed by atoms with van der Waals surface area (Å²) in [6.07, 6.45) is 5.53. The van der Waals surface area contributed by atoms with E-state index in [-0.39, 0.29) is 50.6 Å². The number of benzene rings is 2. The van der Waals surface area contributed by atoms with Crippen LogP contribution >= 0.6 is 11.6 Å². The lowest BCUT2D eigenvalue weighted by Crippen LogP contribution is -2.49. The second-order valence-corrected chi connectivity index (χ2v) is 12.1. The topological polar surface area (TPSA) is 105 Å². The minimum absolute atomic E-state index is 0.0676. The monoisotopic (exact) mass is 563 g/mol. The van der Waals surface area contributed by atoms with Crippen LogP contribution in [0, 0.1) is 0 Å². The molecule has 1 aliphatic carbocycles. The molecule has 0 saturated heterocycles. The highest BCUT2D eigenvalue weighted by Gasteiger charge is 2.29. The zero-order chi connectivity index (χ0) is 27.3. The molecule has 0 spiro atoms. The van der Waals surface area contributed by atoms with Gasteiger partial charge in [-0.15, -0.1) is 0 Å². The molecule has 0 unspecified atom stereocenters. The lowest BCUT2D eigenvalue weighted by Gasteiger charge is -2.30. The van der Waals surface area contributed by atoms with Crippen LogP contribution in [0.3, 0.4) is 0 Å². The minimum atomic E-state index is -3.62. The van der Waals surface area contributed by atoms with Gasteiger partial charge in [-0.2, -0.15) is 0 Å². The first-order valence-corrected chi connectivity index (χ1v) is 15.1. The van der Waals surface area contributed by atoms with Crippen LogP contribution in [0.25, 0.3) is 0 Å². The molecular weight excluding hydrogens is 530 g/mol. The molecular formula is C27H34ClN3O6S. The van der Waals surface area contributed by atoms with Crippen molar-refractivity contribution in [2.45, 2.75) is 64.1 Å². The number of ether oxygens (including phenoxy) is 2. The fourth-order valence-corrected chi connectivity index (χ4v) is 6.02. The van der Waals surface area contributed by atoms with Crippen LogP contribution in [-0.4, -0.2) is 56.8 Å². The average molecular weight is 564 g/mol. The number of rotatable bonds is 11. The molecule has 2 aliphatic rings. The molecule has 2 aromatic carbocycles. The fourth-order valence-electron chi connectivity index (χ4n) is 4.85. The number of carbonyl (C=O) groups excluding carboxylic acids is 2. The van der Waals surface area contributed by atoms with Crippen LogP contribution in [-0.2, 0) is 26.2 Å². The van der Waals surface area contributed by atoms with Gasteiger partial charge in [-0.3, -0.25) is 13.9 Å². The standard InChI is InChI=1S/C27H34ClN3O6S/c1-19(27(33)29-22-9-3-4-10-22)30(17-20-7-5-8-21(28)15-20)26(32)11-6-14-31(38(2,34)35)23-12-13-24-25(16-23)37-18-36-24/h5,7-8,12-13,15-16,19,22H,3-4,6,9-11,14,17-18H2,1-2H3,(H,29,33)/t19-/m1/s1. The maximum atomic E-state index is 13.4. The van der Waals surface area contributed by atoms with Crippen molar-refractivity contribution in [1.82, 2.24) is 10.2 Å². The van der Waals surface area contributed by atoms with E-state index in [0.29, 0.717) is 22.2 Å². The van der Waals surface area contributed by atoms with E-state index in [2.05, 4.69) is 5.32 Å². The lowest BCUT2D eigenvalue weighted by molar-refractivity contribution is -0.141. The summed E-state index contributed by atoms with van der Waals surface area (Å²) in [5, 5.41) is 3.63. The maximum Gasteiger partial charge on any atom is 0.242 e. The summed E-state index contributed by atoms with van der Waals surface area (Å²) in [4.78, 5) is 28.0. The quantitative estimate of drug-likeness (QED) is 0.441. The summed E-state index contributed by atoms with van der Waals surface area (Å²) in [6.45, 7) is 2.12. The Morgan fingerprint density at radius 3 is 2.55 bits per heavy atom. The molecule has 206 valence electrons. The zero-order valence-electron chi connectivity index (χ0n) is 21.7. The highest BCUT2D eigenvalue weighted by molar-refractivity contribution is 7.92. The Labute approximate surface area is 229 Å². The number of hydrogen-bond donors (Lipinski definition) is 1. The molecule has 0 aromatic heterocycles. The van der Waals surface area contributed by atoms with Crippen LogP contribution in [0.5, 0.6) is 11.5 Å². The Morgan fingerprint density at radius 1 is 1.11 bits per heavy atom. The van der Waals surface area contributed by atoms with Gasteiger partial charge in [0.05, 0.1) is 11.9 Å². The summed E-state index contributed by atoms with van der Waals surface area (Å²) in [7, 11) is -3.62. The summed E-state index contributed by atoms with van der Waals surface area (Å²) >= 11 is 6.16. The SMILES string of the molecule is C[C@H](C(=O)NC1CCCC1)N(Cc1cccc(Cl)c1)C(=O)CCCN(c1ccc2c(c1)OCO2)S(C)(=O)=O. The minimum Gasteiger partial charge on any atom is -0.454 e. The molecule has 1 saturated carbocycles. The molecule has 0 bridgehead atoms. The van der Waals surface area contributed by atoms with E-state index in [1.807, 2.05) is 6.07 Å². The number of hydrogen-bond acceptors (Lipinski definition) is 6. The van der Waals surface area contributed by atoms with Crippen LogP contribution in [0.15, 0.2) is 42.5 Å². The smallest absolute Gasteiger partial charge is 0.242 e. The van der Waals surface area contributed by atoms with Crippen LogP contribution in [0.4, 0.5) is 5.69 Å². The maximum absolute atomic E-state index is 13.4. The van der Waals surface area contributed by atoms with Gasteiger partial charge in [0.15, 0.2) is 11.5 Å². The molecule has 1 heterocycles.